The molecule has 3 atom stereocenters. The second-order valence-corrected chi connectivity index (χ2v) is 5.49. The number of rotatable bonds is 5. The predicted octanol–water partition coefficient (Wildman–Crippen LogP) is 2.55. The van der Waals surface area contributed by atoms with Crippen LogP contribution in [0, 0.1) is 0 Å². The smallest absolute Gasteiger partial charge is 0.326 e. The van der Waals surface area contributed by atoms with Gasteiger partial charge in [0.2, 0.25) is 0 Å². The second-order valence-electron chi connectivity index (χ2n) is 5.49. The van der Waals surface area contributed by atoms with Crippen LogP contribution in [0.1, 0.15) is 55.5 Å². The second kappa shape index (κ2) is 6.16. The average molecular weight is 291 g/mol. The number of carboxylic acids is 1. The Hall–Kier alpha value is -2.04. The third kappa shape index (κ3) is 3.01. The molecule has 0 radical (unpaired) electrons. The number of carboxylic acid groups (broad SMARTS) is 1. The lowest BCUT2D eigenvalue weighted by atomic mass is 9.96. The molecular weight excluding hydrogens is 270 g/mol. The van der Waals surface area contributed by atoms with E-state index < -0.39 is 17.9 Å². The van der Waals surface area contributed by atoms with E-state index in [2.05, 4.69) is 12.2 Å². The van der Waals surface area contributed by atoms with Crippen LogP contribution in [0.25, 0.3) is 0 Å². The summed E-state index contributed by atoms with van der Waals surface area (Å²) in [4.78, 5) is 23.5. The molecule has 21 heavy (non-hydrogen) atoms. The highest BCUT2D eigenvalue weighted by Crippen LogP contribution is 2.40. The lowest BCUT2D eigenvalue weighted by Crippen LogP contribution is -2.40. The largest absolute Gasteiger partial charge is 0.489 e. The first kappa shape index (κ1) is 15.4. The van der Waals surface area contributed by atoms with Crippen LogP contribution in [-0.2, 0) is 4.79 Å². The number of aliphatic carboxylic acids is 1. The molecule has 1 aromatic carbocycles. The molecule has 0 fully saturated rings. The quantitative estimate of drug-likeness (QED) is 0.874. The predicted molar refractivity (Wildman–Crippen MR) is 78.7 cm³/mol. The van der Waals surface area contributed by atoms with Crippen LogP contribution >= 0.6 is 0 Å². The van der Waals surface area contributed by atoms with Crippen LogP contribution in [-0.4, -0.2) is 29.1 Å². The molecule has 2 unspecified atom stereocenters. The van der Waals surface area contributed by atoms with Crippen molar-refractivity contribution in [2.75, 3.05) is 0 Å². The van der Waals surface area contributed by atoms with E-state index in [1.54, 1.807) is 12.1 Å². The zero-order chi connectivity index (χ0) is 15.6. The summed E-state index contributed by atoms with van der Waals surface area (Å²) >= 11 is 0. The summed E-state index contributed by atoms with van der Waals surface area (Å²) in [5.74, 6) is -0.608. The summed E-state index contributed by atoms with van der Waals surface area (Å²) in [5.41, 5.74) is 1.41. The number of amides is 1. The molecule has 0 bridgehead atoms. The molecule has 5 nitrogen and oxygen atoms in total. The van der Waals surface area contributed by atoms with Crippen molar-refractivity contribution in [3.05, 3.63) is 29.3 Å². The lowest BCUT2D eigenvalue weighted by molar-refractivity contribution is -0.139. The minimum atomic E-state index is -1.01. The Morgan fingerprint density at radius 3 is 2.71 bits per heavy atom. The number of benzene rings is 1. The highest BCUT2D eigenvalue weighted by molar-refractivity contribution is 5.99. The average Bonchev–Trinajstić information content (AvgIpc) is 2.73. The van der Waals surface area contributed by atoms with Gasteiger partial charge in [0, 0.05) is 11.5 Å². The van der Waals surface area contributed by atoms with Crippen molar-refractivity contribution in [2.45, 2.75) is 51.7 Å². The van der Waals surface area contributed by atoms with Crippen molar-refractivity contribution in [2.24, 2.45) is 0 Å². The molecule has 1 aromatic rings. The van der Waals surface area contributed by atoms with Crippen LogP contribution in [0.2, 0.25) is 0 Å². The van der Waals surface area contributed by atoms with Gasteiger partial charge in [-0.2, -0.15) is 0 Å². The van der Waals surface area contributed by atoms with Gasteiger partial charge >= 0.3 is 5.97 Å². The standard InChI is InChI=1S/C16H21NO4/c1-4-6-13(16(19)20)17-15(18)12-8-5-7-11-9(2)10(3)21-14(11)12/h5,7-10,13H,4,6H2,1-3H3,(H,17,18)(H,19,20)/t9?,10?,13-/m0/s1. The first-order valence-electron chi connectivity index (χ1n) is 7.29. The van der Waals surface area contributed by atoms with Crippen molar-refractivity contribution in [3.8, 4) is 5.75 Å². The van der Waals surface area contributed by atoms with Crippen LogP contribution in [0.4, 0.5) is 0 Å². The van der Waals surface area contributed by atoms with E-state index in [0.29, 0.717) is 24.2 Å². The summed E-state index contributed by atoms with van der Waals surface area (Å²) in [7, 11) is 0. The maximum atomic E-state index is 12.4. The maximum Gasteiger partial charge on any atom is 0.326 e. The van der Waals surface area contributed by atoms with Crippen LogP contribution in [0.3, 0.4) is 0 Å². The van der Waals surface area contributed by atoms with E-state index in [1.165, 1.54) is 0 Å². The van der Waals surface area contributed by atoms with E-state index in [1.807, 2.05) is 19.9 Å². The highest BCUT2D eigenvalue weighted by Gasteiger charge is 2.31. The van der Waals surface area contributed by atoms with E-state index in [0.717, 1.165) is 5.56 Å². The summed E-state index contributed by atoms with van der Waals surface area (Å²) in [6.45, 7) is 5.90. The van der Waals surface area contributed by atoms with Gasteiger partial charge in [-0.05, 0) is 19.4 Å². The van der Waals surface area contributed by atoms with Crippen LogP contribution < -0.4 is 10.1 Å². The fourth-order valence-corrected chi connectivity index (χ4v) is 2.55. The Balaban J connectivity index is 2.23. The molecule has 0 saturated heterocycles. The Morgan fingerprint density at radius 1 is 1.38 bits per heavy atom. The SMILES string of the molecule is CCC[C@H](NC(=O)c1cccc2c1OC(C)C2C)C(=O)O. The summed E-state index contributed by atoms with van der Waals surface area (Å²) in [6, 6.07) is 4.56. The Morgan fingerprint density at radius 2 is 2.10 bits per heavy atom. The van der Waals surface area contributed by atoms with Gasteiger partial charge in [-0.1, -0.05) is 32.4 Å². The molecule has 0 spiro atoms. The molecule has 1 amide bonds. The Bertz CT molecular complexity index is 555. The lowest BCUT2D eigenvalue weighted by Gasteiger charge is -2.15. The molecule has 0 aromatic heterocycles. The van der Waals surface area contributed by atoms with Gasteiger partial charge in [0.1, 0.15) is 17.9 Å². The van der Waals surface area contributed by atoms with Crippen molar-refractivity contribution >= 4 is 11.9 Å². The number of fused-ring (bicyclic) bond motifs is 1. The van der Waals surface area contributed by atoms with E-state index in [-0.39, 0.29) is 12.0 Å². The molecule has 1 heterocycles. The first-order chi connectivity index (χ1) is 9.95. The number of hydrogen-bond acceptors (Lipinski definition) is 3. The molecule has 114 valence electrons. The third-order valence-corrected chi connectivity index (χ3v) is 3.97. The number of para-hydroxylation sites is 1. The summed E-state index contributed by atoms with van der Waals surface area (Å²) in [6.07, 6.45) is 1.11. The van der Waals surface area contributed by atoms with Gasteiger partial charge in [0.25, 0.3) is 5.91 Å². The molecule has 2 N–H and O–H groups in total. The Kier molecular flexibility index (Phi) is 4.50. The number of ether oxygens (including phenoxy) is 1. The van der Waals surface area contributed by atoms with Crippen molar-refractivity contribution < 1.29 is 19.4 Å². The maximum absolute atomic E-state index is 12.4. The van der Waals surface area contributed by atoms with Gasteiger partial charge < -0.3 is 15.2 Å². The van der Waals surface area contributed by atoms with E-state index in [4.69, 9.17) is 9.84 Å². The van der Waals surface area contributed by atoms with E-state index in [9.17, 15) is 9.59 Å². The third-order valence-electron chi connectivity index (χ3n) is 3.97. The molecule has 0 saturated carbocycles. The molecule has 2 rings (SSSR count). The molecule has 1 aliphatic heterocycles. The van der Waals surface area contributed by atoms with Gasteiger partial charge in [-0.15, -0.1) is 0 Å². The minimum absolute atomic E-state index is 0.0138. The highest BCUT2D eigenvalue weighted by atomic mass is 16.5. The number of hydrogen-bond donors (Lipinski definition) is 2. The molecule has 1 aliphatic rings. The minimum Gasteiger partial charge on any atom is -0.489 e. The Labute approximate surface area is 124 Å². The van der Waals surface area contributed by atoms with Crippen molar-refractivity contribution in [1.29, 1.82) is 0 Å². The van der Waals surface area contributed by atoms with E-state index >= 15 is 0 Å². The van der Waals surface area contributed by atoms with Crippen molar-refractivity contribution in [1.82, 2.24) is 5.32 Å². The zero-order valence-electron chi connectivity index (χ0n) is 12.6. The monoisotopic (exact) mass is 291 g/mol. The first-order valence-corrected chi connectivity index (χ1v) is 7.29. The van der Waals surface area contributed by atoms with Gasteiger partial charge in [-0.25, -0.2) is 4.79 Å². The topological polar surface area (TPSA) is 75.6 Å². The summed E-state index contributed by atoms with van der Waals surface area (Å²) < 4.78 is 5.77. The number of carbonyl (C=O) groups is 2. The molecule has 5 heteroatoms. The fourth-order valence-electron chi connectivity index (χ4n) is 2.55. The zero-order valence-corrected chi connectivity index (χ0v) is 12.6. The number of carbonyl (C=O) groups excluding carboxylic acids is 1. The summed E-state index contributed by atoms with van der Waals surface area (Å²) in [5, 5.41) is 11.7. The molecule has 0 aliphatic carbocycles. The number of nitrogens with one attached hydrogen (secondary N) is 1. The van der Waals surface area contributed by atoms with Crippen LogP contribution in [0.15, 0.2) is 18.2 Å². The van der Waals surface area contributed by atoms with Gasteiger partial charge in [0.15, 0.2) is 0 Å². The fraction of sp³-hybridized carbons (Fsp3) is 0.500. The van der Waals surface area contributed by atoms with Crippen molar-refractivity contribution in [3.63, 3.8) is 0 Å². The van der Waals surface area contributed by atoms with Gasteiger partial charge in [0.05, 0.1) is 5.56 Å². The molecular formula is C16H21NO4. The normalized spacial score (nSPS) is 21.3. The van der Waals surface area contributed by atoms with Crippen LogP contribution in [0.5, 0.6) is 5.75 Å². The van der Waals surface area contributed by atoms with Gasteiger partial charge in [-0.3, -0.25) is 4.79 Å².